The molecule has 0 unspecified atom stereocenters. The molecule has 2 aromatic carbocycles. The standard InChI is InChI=1S/C8H7ClN2.C7H3ClFN/c9-8-2-1-6(4-10)7(3-8)5-11;8-6-2-1-5(4-10)7(9)3-6/h1-3H,5,11H2;1-3H. The topological polar surface area (TPSA) is 73.6 Å². The van der Waals surface area contributed by atoms with E-state index in [2.05, 4.69) is 0 Å². The van der Waals surface area contributed by atoms with Crippen LogP contribution in [0.15, 0.2) is 36.4 Å². The average Bonchev–Trinajstić information content (AvgIpc) is 2.48. The monoisotopic (exact) mass is 321 g/mol. The highest BCUT2D eigenvalue weighted by Crippen LogP contribution is 2.14. The molecule has 0 aliphatic heterocycles. The van der Waals surface area contributed by atoms with E-state index in [1.54, 1.807) is 24.3 Å². The van der Waals surface area contributed by atoms with Gasteiger partial charge in [-0.05, 0) is 42.0 Å². The third-order valence-corrected chi connectivity index (χ3v) is 2.93. The Balaban J connectivity index is 0.000000211. The SMILES string of the molecule is N#Cc1ccc(Cl)cc1CN.N#Cc1ccc(Cl)cc1F. The van der Waals surface area contributed by atoms with E-state index in [1.807, 2.05) is 6.07 Å². The zero-order valence-corrected chi connectivity index (χ0v) is 12.3. The fourth-order valence-corrected chi connectivity index (χ4v) is 1.77. The van der Waals surface area contributed by atoms with E-state index in [0.29, 0.717) is 22.2 Å². The van der Waals surface area contributed by atoms with Gasteiger partial charge in [-0.15, -0.1) is 0 Å². The molecule has 0 spiro atoms. The van der Waals surface area contributed by atoms with Gasteiger partial charge in [0, 0.05) is 16.6 Å². The Morgan fingerprint density at radius 3 is 1.95 bits per heavy atom. The molecule has 0 aromatic heterocycles. The Bertz CT molecular complexity index is 718. The predicted molar refractivity (Wildman–Crippen MR) is 80.2 cm³/mol. The van der Waals surface area contributed by atoms with Gasteiger partial charge in [0.05, 0.1) is 17.2 Å². The maximum absolute atomic E-state index is 12.5. The first-order chi connectivity index (χ1) is 10.0. The van der Waals surface area contributed by atoms with E-state index in [0.717, 1.165) is 11.6 Å². The summed E-state index contributed by atoms with van der Waals surface area (Å²) in [6.07, 6.45) is 0. The molecule has 2 aromatic rings. The van der Waals surface area contributed by atoms with Crippen LogP contribution in [0.5, 0.6) is 0 Å². The van der Waals surface area contributed by atoms with Crippen molar-refractivity contribution in [1.29, 1.82) is 10.5 Å². The molecule has 0 saturated carbocycles. The van der Waals surface area contributed by atoms with Gasteiger partial charge < -0.3 is 5.73 Å². The molecule has 0 aliphatic carbocycles. The van der Waals surface area contributed by atoms with E-state index < -0.39 is 5.82 Å². The van der Waals surface area contributed by atoms with Crippen molar-refractivity contribution in [2.75, 3.05) is 0 Å². The van der Waals surface area contributed by atoms with Crippen molar-refractivity contribution in [3.05, 3.63) is 69.0 Å². The number of rotatable bonds is 1. The van der Waals surface area contributed by atoms with Gasteiger partial charge in [0.1, 0.15) is 11.9 Å². The summed E-state index contributed by atoms with van der Waals surface area (Å²) in [6.45, 7) is 0.351. The summed E-state index contributed by atoms with van der Waals surface area (Å²) in [4.78, 5) is 0. The van der Waals surface area contributed by atoms with Gasteiger partial charge in [-0.3, -0.25) is 0 Å². The maximum atomic E-state index is 12.5. The van der Waals surface area contributed by atoms with Crippen LogP contribution < -0.4 is 5.73 Å². The highest BCUT2D eigenvalue weighted by molar-refractivity contribution is 6.30. The van der Waals surface area contributed by atoms with Gasteiger partial charge in [-0.25, -0.2) is 4.39 Å². The lowest BCUT2D eigenvalue weighted by Gasteiger charge is -1.99. The van der Waals surface area contributed by atoms with Crippen LogP contribution in [-0.2, 0) is 6.54 Å². The number of hydrogen-bond acceptors (Lipinski definition) is 3. The molecule has 0 bridgehead atoms. The molecular weight excluding hydrogens is 312 g/mol. The van der Waals surface area contributed by atoms with Gasteiger partial charge in [-0.2, -0.15) is 10.5 Å². The lowest BCUT2D eigenvalue weighted by Crippen LogP contribution is -1.98. The van der Waals surface area contributed by atoms with E-state index in [-0.39, 0.29) is 5.56 Å². The molecule has 6 heteroatoms. The molecule has 21 heavy (non-hydrogen) atoms. The lowest BCUT2D eigenvalue weighted by atomic mass is 10.1. The van der Waals surface area contributed by atoms with Crippen molar-refractivity contribution in [3.8, 4) is 12.1 Å². The number of benzene rings is 2. The fourth-order valence-electron chi connectivity index (χ4n) is 1.42. The molecular formula is C15H10Cl2FN3. The first-order valence-corrected chi connectivity index (χ1v) is 6.51. The summed E-state index contributed by atoms with van der Waals surface area (Å²) in [5.74, 6) is -0.574. The van der Waals surface area contributed by atoms with E-state index in [1.165, 1.54) is 12.1 Å². The van der Waals surface area contributed by atoms with Crippen molar-refractivity contribution in [3.63, 3.8) is 0 Å². The van der Waals surface area contributed by atoms with Crippen LogP contribution in [-0.4, -0.2) is 0 Å². The Labute approximate surface area is 131 Å². The van der Waals surface area contributed by atoms with Crippen LogP contribution in [0.2, 0.25) is 10.0 Å². The summed E-state index contributed by atoms with van der Waals surface area (Å²) < 4.78 is 12.5. The minimum atomic E-state index is -0.574. The van der Waals surface area contributed by atoms with Crippen molar-refractivity contribution in [1.82, 2.24) is 0 Å². The van der Waals surface area contributed by atoms with Gasteiger partial charge >= 0.3 is 0 Å². The predicted octanol–water partition coefficient (Wildman–Crippen LogP) is 4.02. The van der Waals surface area contributed by atoms with Crippen LogP contribution in [0.1, 0.15) is 16.7 Å². The maximum Gasteiger partial charge on any atom is 0.142 e. The zero-order chi connectivity index (χ0) is 15.8. The van der Waals surface area contributed by atoms with Crippen molar-refractivity contribution in [2.45, 2.75) is 6.54 Å². The largest absolute Gasteiger partial charge is 0.326 e. The number of nitrogens with zero attached hydrogens (tertiary/aromatic N) is 2. The number of halogens is 3. The average molecular weight is 322 g/mol. The second-order valence-electron chi connectivity index (χ2n) is 3.85. The summed E-state index contributed by atoms with van der Waals surface area (Å²) in [6, 6.07) is 12.7. The molecule has 0 heterocycles. The quantitative estimate of drug-likeness (QED) is 0.861. The third kappa shape index (κ3) is 5.06. The van der Waals surface area contributed by atoms with E-state index >= 15 is 0 Å². The van der Waals surface area contributed by atoms with Crippen molar-refractivity contribution < 1.29 is 4.39 Å². The molecule has 0 fully saturated rings. The second kappa shape index (κ2) is 8.24. The molecule has 0 atom stereocenters. The van der Waals surface area contributed by atoms with E-state index in [4.69, 9.17) is 39.5 Å². The lowest BCUT2D eigenvalue weighted by molar-refractivity contribution is 0.624. The van der Waals surface area contributed by atoms with Crippen molar-refractivity contribution >= 4 is 23.2 Å². The summed E-state index contributed by atoms with van der Waals surface area (Å²) >= 11 is 11.1. The second-order valence-corrected chi connectivity index (χ2v) is 4.73. The summed E-state index contributed by atoms with van der Waals surface area (Å²) in [5.41, 5.74) is 6.79. The van der Waals surface area contributed by atoms with Crippen molar-refractivity contribution in [2.24, 2.45) is 5.73 Å². The molecule has 3 nitrogen and oxygen atoms in total. The number of hydrogen-bond donors (Lipinski definition) is 1. The summed E-state index contributed by atoms with van der Waals surface area (Å²) in [7, 11) is 0. The molecule has 106 valence electrons. The first kappa shape index (κ1) is 16.9. The van der Waals surface area contributed by atoms with Crippen LogP contribution >= 0.6 is 23.2 Å². The van der Waals surface area contributed by atoms with E-state index in [9.17, 15) is 4.39 Å². The Hall–Kier alpha value is -2.11. The zero-order valence-electron chi connectivity index (χ0n) is 10.8. The Kier molecular flexibility index (Phi) is 6.65. The van der Waals surface area contributed by atoms with Crippen LogP contribution in [0, 0.1) is 28.5 Å². The highest BCUT2D eigenvalue weighted by atomic mass is 35.5. The molecule has 0 saturated heterocycles. The minimum absolute atomic E-state index is 0.0180. The fraction of sp³-hybridized carbons (Fsp3) is 0.0667. The van der Waals surface area contributed by atoms with Gasteiger partial charge in [0.2, 0.25) is 0 Å². The van der Waals surface area contributed by atoms with Gasteiger partial charge in [0.25, 0.3) is 0 Å². The Morgan fingerprint density at radius 1 is 0.952 bits per heavy atom. The molecule has 2 rings (SSSR count). The number of nitriles is 2. The minimum Gasteiger partial charge on any atom is -0.326 e. The molecule has 2 N–H and O–H groups in total. The molecule has 0 radical (unpaired) electrons. The Morgan fingerprint density at radius 2 is 1.48 bits per heavy atom. The molecule has 0 aliphatic rings. The van der Waals surface area contributed by atoms with Crippen LogP contribution in [0.3, 0.4) is 0 Å². The molecule has 0 amide bonds. The first-order valence-electron chi connectivity index (χ1n) is 5.75. The van der Waals surface area contributed by atoms with Gasteiger partial charge in [0.15, 0.2) is 0 Å². The normalized spacial score (nSPS) is 9.05. The van der Waals surface area contributed by atoms with Gasteiger partial charge in [-0.1, -0.05) is 23.2 Å². The van der Waals surface area contributed by atoms with Crippen LogP contribution in [0.4, 0.5) is 4.39 Å². The van der Waals surface area contributed by atoms with Crippen LogP contribution in [0.25, 0.3) is 0 Å². The smallest absolute Gasteiger partial charge is 0.142 e. The third-order valence-electron chi connectivity index (χ3n) is 2.46. The summed E-state index contributed by atoms with van der Waals surface area (Å²) in [5, 5.41) is 17.8. The number of nitrogens with two attached hydrogens (primary N) is 1. The highest BCUT2D eigenvalue weighted by Gasteiger charge is 2.00.